The van der Waals surface area contributed by atoms with Crippen LogP contribution in [0, 0.1) is 0 Å². The van der Waals surface area contributed by atoms with Crippen LogP contribution in [-0.4, -0.2) is 22.5 Å². The van der Waals surface area contributed by atoms with Crippen molar-refractivity contribution in [2.24, 2.45) is 0 Å². The molecule has 19 heavy (non-hydrogen) atoms. The number of nitrogens with zero attached hydrogens (tertiary/aromatic N) is 1. The Labute approximate surface area is 118 Å². The Morgan fingerprint density at radius 3 is 2.89 bits per heavy atom. The Kier molecular flexibility index (Phi) is 3.27. The van der Waals surface area contributed by atoms with Gasteiger partial charge >= 0.3 is 0 Å². The summed E-state index contributed by atoms with van der Waals surface area (Å²) >= 11 is 1.97. The lowest BCUT2D eigenvalue weighted by molar-refractivity contribution is 0.380. The summed E-state index contributed by atoms with van der Waals surface area (Å²) < 4.78 is 0.413. The van der Waals surface area contributed by atoms with Crippen molar-refractivity contribution in [1.82, 2.24) is 4.98 Å². The van der Waals surface area contributed by atoms with Gasteiger partial charge in [0.1, 0.15) is 0 Å². The fourth-order valence-electron chi connectivity index (χ4n) is 2.61. The lowest BCUT2D eigenvalue weighted by Crippen LogP contribution is -2.40. The molecule has 0 amide bonds. The number of nitrogens with one attached hydrogen (secondary N) is 1. The van der Waals surface area contributed by atoms with E-state index < -0.39 is 0 Å². The van der Waals surface area contributed by atoms with Crippen LogP contribution in [0.5, 0.6) is 0 Å². The van der Waals surface area contributed by atoms with Crippen molar-refractivity contribution in [2.75, 3.05) is 23.9 Å². The van der Waals surface area contributed by atoms with Gasteiger partial charge in [0, 0.05) is 22.9 Å². The molecule has 0 bridgehead atoms. The molecular weight excluding hydrogens is 254 g/mol. The van der Waals surface area contributed by atoms with E-state index in [1.807, 2.05) is 36.0 Å². The van der Waals surface area contributed by atoms with E-state index in [1.165, 1.54) is 19.3 Å². The molecule has 1 heterocycles. The number of aromatic nitrogens is 1. The molecule has 2 aromatic rings. The van der Waals surface area contributed by atoms with E-state index in [0.29, 0.717) is 4.75 Å². The summed E-state index contributed by atoms with van der Waals surface area (Å²) in [6.07, 6.45) is 7.95. The first-order chi connectivity index (χ1) is 9.24. The van der Waals surface area contributed by atoms with E-state index in [2.05, 4.69) is 16.6 Å². The fraction of sp³-hybridized carbons (Fsp3) is 0.400. The van der Waals surface area contributed by atoms with Gasteiger partial charge < -0.3 is 11.1 Å². The molecule has 1 fully saturated rings. The smallest absolute Gasteiger partial charge is 0.0724 e. The zero-order valence-corrected chi connectivity index (χ0v) is 12.0. The van der Waals surface area contributed by atoms with Gasteiger partial charge in [-0.3, -0.25) is 4.98 Å². The number of anilines is 2. The number of hydrogen-bond acceptors (Lipinski definition) is 4. The second-order valence-corrected chi connectivity index (χ2v) is 6.47. The van der Waals surface area contributed by atoms with Gasteiger partial charge in [0.25, 0.3) is 0 Å². The van der Waals surface area contributed by atoms with Gasteiger partial charge in [0.2, 0.25) is 0 Å². The number of thioether (sulfide) groups is 1. The summed E-state index contributed by atoms with van der Waals surface area (Å²) in [6, 6.07) is 8.02. The fourth-order valence-corrected chi connectivity index (χ4v) is 3.52. The van der Waals surface area contributed by atoms with Crippen molar-refractivity contribution < 1.29 is 0 Å². The quantitative estimate of drug-likeness (QED) is 0.837. The molecule has 0 spiro atoms. The highest BCUT2D eigenvalue weighted by atomic mass is 32.2. The van der Waals surface area contributed by atoms with E-state index in [-0.39, 0.29) is 0 Å². The molecule has 1 saturated carbocycles. The third-order valence-electron chi connectivity index (χ3n) is 4.13. The molecule has 1 aromatic carbocycles. The predicted octanol–water partition coefficient (Wildman–Crippen LogP) is 3.51. The van der Waals surface area contributed by atoms with Crippen LogP contribution in [0.2, 0.25) is 0 Å². The molecule has 3 N–H and O–H groups in total. The van der Waals surface area contributed by atoms with Gasteiger partial charge in [0.15, 0.2) is 0 Å². The van der Waals surface area contributed by atoms with Crippen LogP contribution in [-0.2, 0) is 0 Å². The average molecular weight is 273 g/mol. The second-order valence-electron chi connectivity index (χ2n) is 5.19. The Morgan fingerprint density at radius 1 is 1.37 bits per heavy atom. The first kappa shape index (κ1) is 12.6. The molecule has 1 aliphatic carbocycles. The van der Waals surface area contributed by atoms with Gasteiger partial charge in [-0.15, -0.1) is 0 Å². The van der Waals surface area contributed by atoms with E-state index >= 15 is 0 Å². The Balaban J connectivity index is 1.83. The van der Waals surface area contributed by atoms with Crippen LogP contribution in [0.3, 0.4) is 0 Å². The monoisotopic (exact) mass is 273 g/mol. The van der Waals surface area contributed by atoms with E-state index in [1.54, 1.807) is 6.20 Å². The minimum absolute atomic E-state index is 0.413. The highest BCUT2D eigenvalue weighted by Crippen LogP contribution is 2.43. The predicted molar refractivity (Wildman–Crippen MR) is 84.7 cm³/mol. The van der Waals surface area contributed by atoms with E-state index in [4.69, 9.17) is 5.73 Å². The van der Waals surface area contributed by atoms with Gasteiger partial charge in [-0.2, -0.15) is 11.8 Å². The largest absolute Gasteiger partial charge is 0.397 e. The Hall–Kier alpha value is -1.42. The summed E-state index contributed by atoms with van der Waals surface area (Å²) in [5.74, 6) is 0. The first-order valence-corrected chi connectivity index (χ1v) is 7.89. The Morgan fingerprint density at radius 2 is 2.21 bits per heavy atom. The standard InChI is InChI=1S/C15H19N3S/c1-19-15(7-3-8-15)10-18-13-6-5-12-11(14(13)16)4-2-9-17-12/h2,4-6,9,18H,3,7-8,10,16H2,1H3. The molecular formula is C15H19N3S. The Bertz CT molecular complexity index is 587. The molecule has 0 unspecified atom stereocenters. The van der Waals surface area contributed by atoms with Gasteiger partial charge in [-0.1, -0.05) is 6.42 Å². The minimum atomic E-state index is 0.413. The normalized spacial score (nSPS) is 17.1. The number of hydrogen-bond donors (Lipinski definition) is 2. The molecule has 4 heteroatoms. The van der Waals surface area contributed by atoms with Crippen LogP contribution in [0.15, 0.2) is 30.5 Å². The molecule has 100 valence electrons. The summed E-state index contributed by atoms with van der Waals surface area (Å²) in [6.45, 7) is 0.990. The van der Waals surface area contributed by atoms with E-state index in [9.17, 15) is 0 Å². The number of nitrogen functional groups attached to an aromatic ring is 1. The third-order valence-corrected chi connectivity index (χ3v) is 5.54. The van der Waals surface area contributed by atoms with Crippen molar-refractivity contribution in [1.29, 1.82) is 0 Å². The van der Waals surface area contributed by atoms with E-state index in [0.717, 1.165) is 28.8 Å². The summed E-state index contributed by atoms with van der Waals surface area (Å²) in [4.78, 5) is 4.32. The number of pyridine rings is 1. The molecule has 0 saturated heterocycles. The van der Waals surface area contributed by atoms with Crippen molar-refractivity contribution in [3.8, 4) is 0 Å². The topological polar surface area (TPSA) is 50.9 Å². The highest BCUT2D eigenvalue weighted by Gasteiger charge is 2.35. The molecule has 3 nitrogen and oxygen atoms in total. The van der Waals surface area contributed by atoms with Crippen molar-refractivity contribution in [3.63, 3.8) is 0 Å². The van der Waals surface area contributed by atoms with Crippen molar-refractivity contribution in [3.05, 3.63) is 30.5 Å². The molecule has 0 aliphatic heterocycles. The maximum atomic E-state index is 6.24. The van der Waals surface area contributed by atoms with Crippen LogP contribution >= 0.6 is 11.8 Å². The molecule has 0 radical (unpaired) electrons. The SMILES string of the molecule is CSC1(CNc2ccc3ncccc3c2N)CCC1. The number of nitrogens with two attached hydrogens (primary N) is 1. The lowest BCUT2D eigenvalue weighted by Gasteiger charge is -2.40. The zero-order chi connectivity index (χ0) is 13.3. The first-order valence-electron chi connectivity index (χ1n) is 6.66. The van der Waals surface area contributed by atoms with Crippen LogP contribution in [0.25, 0.3) is 10.9 Å². The molecule has 0 atom stereocenters. The molecule has 3 rings (SSSR count). The number of rotatable bonds is 4. The second kappa shape index (κ2) is 4.93. The van der Waals surface area contributed by atoms with Crippen molar-refractivity contribution >= 4 is 34.0 Å². The summed E-state index contributed by atoms with van der Waals surface area (Å²) in [5.41, 5.74) is 9.03. The van der Waals surface area contributed by atoms with Gasteiger partial charge in [-0.25, -0.2) is 0 Å². The number of benzene rings is 1. The summed E-state index contributed by atoms with van der Waals surface area (Å²) in [7, 11) is 0. The summed E-state index contributed by atoms with van der Waals surface area (Å²) in [5, 5.41) is 4.55. The zero-order valence-electron chi connectivity index (χ0n) is 11.1. The maximum Gasteiger partial charge on any atom is 0.0724 e. The molecule has 1 aromatic heterocycles. The van der Waals surface area contributed by atoms with Crippen LogP contribution in [0.4, 0.5) is 11.4 Å². The molecule has 1 aliphatic rings. The lowest BCUT2D eigenvalue weighted by atomic mass is 9.84. The van der Waals surface area contributed by atoms with Crippen molar-refractivity contribution in [2.45, 2.75) is 24.0 Å². The third kappa shape index (κ3) is 2.25. The minimum Gasteiger partial charge on any atom is -0.397 e. The number of fused-ring (bicyclic) bond motifs is 1. The maximum absolute atomic E-state index is 6.24. The highest BCUT2D eigenvalue weighted by molar-refractivity contribution is 8.00. The van der Waals surface area contributed by atoms with Gasteiger partial charge in [-0.05, 0) is 43.4 Å². The van der Waals surface area contributed by atoms with Gasteiger partial charge in [0.05, 0.1) is 16.9 Å². The average Bonchev–Trinajstić information content (AvgIpc) is 2.40. The van der Waals surface area contributed by atoms with Crippen LogP contribution in [0.1, 0.15) is 19.3 Å². The van der Waals surface area contributed by atoms with Crippen LogP contribution < -0.4 is 11.1 Å².